The molecule has 0 unspecified atom stereocenters. The van der Waals surface area contributed by atoms with E-state index in [4.69, 9.17) is 4.74 Å². The van der Waals surface area contributed by atoms with Crippen molar-refractivity contribution in [3.63, 3.8) is 0 Å². The molecule has 0 bridgehead atoms. The molecule has 1 aromatic rings. The molecule has 7 heteroatoms. The summed E-state index contributed by atoms with van der Waals surface area (Å²) in [5, 5.41) is 6.46. The van der Waals surface area contributed by atoms with Crippen LogP contribution in [0.2, 0.25) is 0 Å². The van der Waals surface area contributed by atoms with Gasteiger partial charge in [-0.2, -0.15) is 0 Å². The monoisotopic (exact) mass is 486 g/mol. The number of benzene rings is 1. The number of carbonyl (C=O) groups is 1. The van der Waals surface area contributed by atoms with Crippen molar-refractivity contribution in [3.8, 4) is 5.75 Å². The van der Waals surface area contributed by atoms with Crippen LogP contribution in [0.1, 0.15) is 31.7 Å². The number of likely N-dealkylation sites (tertiary alicyclic amines) is 1. The summed E-state index contributed by atoms with van der Waals surface area (Å²) in [5.74, 6) is 1.74. The van der Waals surface area contributed by atoms with Gasteiger partial charge in [0, 0.05) is 38.2 Å². The molecule has 0 atom stereocenters. The SMILES string of the molecule is C=CCOc1ccccc1CN=C(NCC)NCCC(=O)N1CCCC1.I. The molecule has 1 aliphatic rings. The summed E-state index contributed by atoms with van der Waals surface area (Å²) in [4.78, 5) is 18.7. The van der Waals surface area contributed by atoms with E-state index in [-0.39, 0.29) is 29.9 Å². The zero-order chi connectivity index (χ0) is 18.6. The molecule has 0 aliphatic carbocycles. The predicted octanol–water partition coefficient (Wildman–Crippen LogP) is 2.94. The molecule has 0 spiro atoms. The van der Waals surface area contributed by atoms with Crippen LogP contribution in [0.5, 0.6) is 5.75 Å². The highest BCUT2D eigenvalue weighted by Crippen LogP contribution is 2.18. The van der Waals surface area contributed by atoms with Crippen molar-refractivity contribution in [1.82, 2.24) is 15.5 Å². The number of guanidine groups is 1. The summed E-state index contributed by atoms with van der Waals surface area (Å²) in [6.07, 6.45) is 4.46. The molecule has 2 rings (SSSR count). The molecule has 1 heterocycles. The Hall–Kier alpha value is -1.77. The van der Waals surface area contributed by atoms with E-state index >= 15 is 0 Å². The van der Waals surface area contributed by atoms with Crippen LogP contribution in [0, 0.1) is 0 Å². The van der Waals surface area contributed by atoms with Gasteiger partial charge in [0.2, 0.25) is 5.91 Å². The van der Waals surface area contributed by atoms with Gasteiger partial charge in [0.05, 0.1) is 6.54 Å². The number of rotatable bonds is 9. The van der Waals surface area contributed by atoms with Gasteiger partial charge in [0.25, 0.3) is 0 Å². The first-order valence-corrected chi connectivity index (χ1v) is 9.36. The number of amides is 1. The summed E-state index contributed by atoms with van der Waals surface area (Å²) < 4.78 is 5.67. The van der Waals surface area contributed by atoms with Crippen LogP contribution in [0.15, 0.2) is 41.9 Å². The van der Waals surface area contributed by atoms with Gasteiger partial charge in [-0.3, -0.25) is 4.79 Å². The highest BCUT2D eigenvalue weighted by Gasteiger charge is 2.17. The normalized spacial score (nSPS) is 13.7. The van der Waals surface area contributed by atoms with Gasteiger partial charge in [-0.25, -0.2) is 4.99 Å². The van der Waals surface area contributed by atoms with Crippen molar-refractivity contribution >= 4 is 35.8 Å². The molecule has 27 heavy (non-hydrogen) atoms. The predicted molar refractivity (Wildman–Crippen MR) is 121 cm³/mol. The van der Waals surface area contributed by atoms with Gasteiger partial charge >= 0.3 is 0 Å². The quantitative estimate of drug-likeness (QED) is 0.244. The fraction of sp³-hybridized carbons (Fsp3) is 0.500. The number of hydrogen-bond donors (Lipinski definition) is 2. The lowest BCUT2D eigenvalue weighted by atomic mass is 10.2. The van der Waals surface area contributed by atoms with E-state index in [9.17, 15) is 4.79 Å². The molecule has 150 valence electrons. The Kier molecular flexibility index (Phi) is 11.6. The average Bonchev–Trinajstić information content (AvgIpc) is 3.20. The Balaban J connectivity index is 0.00000364. The number of nitrogens with one attached hydrogen (secondary N) is 2. The number of aliphatic imine (C=N–C) groups is 1. The number of nitrogens with zero attached hydrogens (tertiary/aromatic N) is 2. The molecule has 0 saturated carbocycles. The molecular weight excluding hydrogens is 455 g/mol. The topological polar surface area (TPSA) is 66.0 Å². The molecule has 0 aromatic heterocycles. The van der Waals surface area contributed by atoms with E-state index < -0.39 is 0 Å². The second-order valence-corrected chi connectivity index (χ2v) is 6.17. The Bertz CT molecular complexity index is 616. The lowest BCUT2D eigenvalue weighted by Crippen LogP contribution is -2.39. The lowest BCUT2D eigenvalue weighted by Gasteiger charge is -2.16. The van der Waals surface area contributed by atoms with Gasteiger partial charge in [-0.15, -0.1) is 24.0 Å². The molecule has 1 aromatic carbocycles. The Labute approximate surface area is 179 Å². The van der Waals surface area contributed by atoms with E-state index in [1.54, 1.807) is 6.08 Å². The average molecular weight is 486 g/mol. The van der Waals surface area contributed by atoms with Gasteiger partial charge in [0.15, 0.2) is 5.96 Å². The third kappa shape index (κ3) is 8.19. The standard InChI is InChI=1S/C20H30N4O2.HI/c1-3-15-26-18-10-6-5-9-17(18)16-23-20(21-4-2)22-12-11-19(25)24-13-7-8-14-24;/h3,5-6,9-10H,1,4,7-8,11-16H2,2H3,(H2,21,22,23);1H. The Morgan fingerprint density at radius 3 is 2.74 bits per heavy atom. The summed E-state index contributed by atoms with van der Waals surface area (Å²) in [6.45, 7) is 9.81. The van der Waals surface area contributed by atoms with Gasteiger partial charge < -0.3 is 20.3 Å². The summed E-state index contributed by atoms with van der Waals surface area (Å²) in [7, 11) is 0. The maximum Gasteiger partial charge on any atom is 0.224 e. The van der Waals surface area contributed by atoms with Crippen molar-refractivity contribution in [2.75, 3.05) is 32.8 Å². The first-order valence-electron chi connectivity index (χ1n) is 9.36. The van der Waals surface area contributed by atoms with Crippen LogP contribution in [0.25, 0.3) is 0 Å². The highest BCUT2D eigenvalue weighted by molar-refractivity contribution is 14.0. The number of halogens is 1. The minimum Gasteiger partial charge on any atom is -0.489 e. The van der Waals surface area contributed by atoms with Crippen molar-refractivity contribution < 1.29 is 9.53 Å². The van der Waals surface area contributed by atoms with Gasteiger partial charge in [0.1, 0.15) is 12.4 Å². The third-order valence-corrected chi connectivity index (χ3v) is 4.17. The van der Waals surface area contributed by atoms with Crippen LogP contribution in [-0.2, 0) is 11.3 Å². The highest BCUT2D eigenvalue weighted by atomic mass is 127. The molecule has 0 radical (unpaired) electrons. The van der Waals surface area contributed by atoms with Crippen LogP contribution >= 0.6 is 24.0 Å². The smallest absolute Gasteiger partial charge is 0.224 e. The molecule has 2 N–H and O–H groups in total. The van der Waals surface area contributed by atoms with Gasteiger partial charge in [-0.1, -0.05) is 30.9 Å². The molecule has 6 nitrogen and oxygen atoms in total. The Morgan fingerprint density at radius 1 is 1.30 bits per heavy atom. The maximum absolute atomic E-state index is 12.1. The second-order valence-electron chi connectivity index (χ2n) is 6.17. The van der Waals surface area contributed by atoms with Crippen molar-refractivity contribution in [1.29, 1.82) is 0 Å². The summed E-state index contributed by atoms with van der Waals surface area (Å²) in [6, 6.07) is 7.85. The first kappa shape index (κ1) is 23.3. The fourth-order valence-electron chi connectivity index (χ4n) is 2.84. The number of carbonyl (C=O) groups excluding carboxylic acids is 1. The van der Waals surface area contributed by atoms with Gasteiger partial charge in [-0.05, 0) is 25.8 Å². The van der Waals surface area contributed by atoms with Crippen LogP contribution in [0.3, 0.4) is 0 Å². The van der Waals surface area contributed by atoms with Crippen LogP contribution < -0.4 is 15.4 Å². The van der Waals surface area contributed by atoms with E-state index in [1.165, 1.54) is 0 Å². The van der Waals surface area contributed by atoms with Crippen molar-refractivity contribution in [2.24, 2.45) is 4.99 Å². The van der Waals surface area contributed by atoms with Crippen molar-refractivity contribution in [3.05, 3.63) is 42.5 Å². The van der Waals surface area contributed by atoms with Crippen LogP contribution in [0.4, 0.5) is 0 Å². The molecular formula is C20H31IN4O2. The number of ether oxygens (including phenoxy) is 1. The number of para-hydroxylation sites is 1. The Morgan fingerprint density at radius 2 is 2.04 bits per heavy atom. The minimum absolute atomic E-state index is 0. The minimum atomic E-state index is 0. The lowest BCUT2D eigenvalue weighted by molar-refractivity contribution is -0.129. The second kappa shape index (κ2) is 13.4. The molecule has 1 aliphatic heterocycles. The zero-order valence-corrected chi connectivity index (χ0v) is 18.4. The summed E-state index contributed by atoms with van der Waals surface area (Å²) >= 11 is 0. The molecule has 1 amide bonds. The largest absolute Gasteiger partial charge is 0.489 e. The molecule has 1 fully saturated rings. The van der Waals surface area contributed by atoms with E-state index in [2.05, 4.69) is 22.2 Å². The van der Waals surface area contributed by atoms with Crippen molar-refractivity contribution in [2.45, 2.75) is 32.7 Å². The number of hydrogen-bond acceptors (Lipinski definition) is 3. The third-order valence-electron chi connectivity index (χ3n) is 4.17. The van der Waals surface area contributed by atoms with E-state index in [1.807, 2.05) is 36.1 Å². The maximum atomic E-state index is 12.1. The summed E-state index contributed by atoms with van der Waals surface area (Å²) in [5.41, 5.74) is 1.01. The van der Waals surface area contributed by atoms with E-state index in [0.717, 1.165) is 43.8 Å². The van der Waals surface area contributed by atoms with Crippen LogP contribution in [-0.4, -0.2) is 49.6 Å². The fourth-order valence-corrected chi connectivity index (χ4v) is 2.84. The zero-order valence-electron chi connectivity index (χ0n) is 16.1. The first-order chi connectivity index (χ1) is 12.7. The molecule has 1 saturated heterocycles. The van der Waals surface area contributed by atoms with E-state index in [0.29, 0.717) is 32.1 Å².